The summed E-state index contributed by atoms with van der Waals surface area (Å²) in [5, 5.41) is 0. The summed E-state index contributed by atoms with van der Waals surface area (Å²) in [6.07, 6.45) is 0. The third-order valence-corrected chi connectivity index (χ3v) is 0. The molecule has 0 fully saturated rings. The molecule has 0 spiro atoms. The van der Waals surface area contributed by atoms with Gasteiger partial charge in [-0.1, -0.05) is 0 Å². The van der Waals surface area contributed by atoms with E-state index in [0.29, 0.717) is 0 Å². The molecule has 10 N–H and O–H groups in total. The van der Waals surface area contributed by atoms with Crippen LogP contribution in [0.15, 0.2) is 0 Å². The fraction of sp³-hybridized carbons (Fsp3) is 0. The SMILES string of the molecule is N.N.O.O=S(O)O.[NaH]. The van der Waals surface area contributed by atoms with Crippen molar-refractivity contribution in [1.82, 2.24) is 12.3 Å². The molecule has 0 aliphatic heterocycles. The molecule has 0 heterocycles. The molecule has 0 bridgehead atoms. The van der Waals surface area contributed by atoms with E-state index in [1.165, 1.54) is 0 Å². The summed E-state index contributed by atoms with van der Waals surface area (Å²) in [6.45, 7) is 0. The van der Waals surface area contributed by atoms with Crippen molar-refractivity contribution < 1.29 is 18.8 Å². The molecule has 0 aromatic carbocycles. The van der Waals surface area contributed by atoms with E-state index in [0.717, 1.165) is 0 Å². The molecule has 0 unspecified atom stereocenters. The fourth-order valence-corrected chi connectivity index (χ4v) is 0. The van der Waals surface area contributed by atoms with E-state index >= 15 is 0 Å². The first-order valence-corrected chi connectivity index (χ1v) is 1.60. The van der Waals surface area contributed by atoms with Crippen LogP contribution in [0.3, 0.4) is 0 Å². The second-order valence-electron chi connectivity index (χ2n) is 0.231. The average molecular weight is 158 g/mol. The average Bonchev–Trinajstić information content (AvgIpc) is 0.811. The Hall–Kier alpha value is 0.950. The Labute approximate surface area is 71.9 Å². The van der Waals surface area contributed by atoms with E-state index in [9.17, 15) is 0 Å². The molecule has 0 aromatic rings. The Morgan fingerprint density at radius 1 is 1.12 bits per heavy atom. The molecule has 8 heavy (non-hydrogen) atoms. The van der Waals surface area contributed by atoms with Crippen LogP contribution < -0.4 is 12.3 Å². The Balaban J connectivity index is -0.00000000750. The van der Waals surface area contributed by atoms with Gasteiger partial charge in [0.25, 0.3) is 11.4 Å². The Morgan fingerprint density at radius 2 is 1.12 bits per heavy atom. The fourth-order valence-electron chi connectivity index (χ4n) is 0. The molecular weight excluding hydrogens is 147 g/mol. The van der Waals surface area contributed by atoms with Crippen LogP contribution in [0.25, 0.3) is 0 Å². The molecule has 0 radical (unpaired) electrons. The van der Waals surface area contributed by atoms with Crippen LogP contribution in [0, 0.1) is 0 Å². The summed E-state index contributed by atoms with van der Waals surface area (Å²) in [5.74, 6) is 0. The molecule has 52 valence electrons. The first kappa shape index (κ1) is 36.3. The zero-order chi connectivity index (χ0) is 3.58. The van der Waals surface area contributed by atoms with Crippen molar-refractivity contribution in [3.63, 3.8) is 0 Å². The van der Waals surface area contributed by atoms with Crippen LogP contribution in [0.1, 0.15) is 0 Å². The maximum absolute atomic E-state index is 8.67. The standard InChI is InChI=1S/2H3N.Na.H2O3S.H2O.H/c;;;1-4(2)3;;/h2*1H3;;(H2,1,2,3);1H2;. The summed E-state index contributed by atoms with van der Waals surface area (Å²) in [4.78, 5) is 0. The van der Waals surface area contributed by atoms with Crippen LogP contribution in [0.5, 0.6) is 0 Å². The van der Waals surface area contributed by atoms with Gasteiger partial charge in [-0.2, -0.15) is 4.21 Å². The third-order valence-electron chi connectivity index (χ3n) is 0. The van der Waals surface area contributed by atoms with Gasteiger partial charge in [-0.05, 0) is 0 Å². The van der Waals surface area contributed by atoms with Crippen LogP contribution in [0.2, 0.25) is 0 Å². The minimum atomic E-state index is -2.61. The van der Waals surface area contributed by atoms with Crippen molar-refractivity contribution in [2.75, 3.05) is 0 Å². The van der Waals surface area contributed by atoms with Crippen molar-refractivity contribution >= 4 is 40.9 Å². The molecule has 0 amide bonds. The first-order valence-electron chi connectivity index (χ1n) is 0.532. The predicted molar refractivity (Wildman–Crippen MR) is 34.2 cm³/mol. The molecule has 0 saturated carbocycles. The topological polar surface area (TPSA) is 159 Å². The van der Waals surface area contributed by atoms with Crippen molar-refractivity contribution in [2.24, 2.45) is 0 Å². The number of rotatable bonds is 0. The summed E-state index contributed by atoms with van der Waals surface area (Å²) in [6, 6.07) is 0. The molecule has 6 nitrogen and oxygen atoms in total. The molecule has 0 rings (SSSR count). The van der Waals surface area contributed by atoms with Gasteiger partial charge in [0, 0.05) is 0 Å². The number of hydrogen-bond acceptors (Lipinski definition) is 3. The van der Waals surface area contributed by atoms with Gasteiger partial charge in [-0.15, -0.1) is 0 Å². The number of hydrogen-bond donors (Lipinski definition) is 4. The molecule has 0 aliphatic carbocycles. The van der Waals surface area contributed by atoms with E-state index in [1.807, 2.05) is 0 Å². The summed E-state index contributed by atoms with van der Waals surface area (Å²) in [7, 11) is 0. The Kier molecular flexibility index (Phi) is 112. The molecule has 0 saturated heterocycles. The zero-order valence-electron chi connectivity index (χ0n) is 3.63. The molecule has 0 aromatic heterocycles. The second kappa shape index (κ2) is 24.6. The van der Waals surface area contributed by atoms with Crippen LogP contribution in [-0.4, -0.2) is 48.3 Å². The van der Waals surface area contributed by atoms with Crippen LogP contribution in [0.4, 0.5) is 0 Å². The van der Waals surface area contributed by atoms with E-state index in [-0.39, 0.29) is 47.3 Å². The summed E-state index contributed by atoms with van der Waals surface area (Å²) >= 11 is -2.61. The van der Waals surface area contributed by atoms with Crippen molar-refractivity contribution in [2.45, 2.75) is 0 Å². The van der Waals surface area contributed by atoms with Gasteiger partial charge >= 0.3 is 29.6 Å². The van der Waals surface area contributed by atoms with Gasteiger partial charge in [-0.25, -0.2) is 0 Å². The van der Waals surface area contributed by atoms with E-state index in [4.69, 9.17) is 13.3 Å². The van der Waals surface area contributed by atoms with Gasteiger partial charge in [0.2, 0.25) is 0 Å². The van der Waals surface area contributed by atoms with Crippen molar-refractivity contribution in [1.29, 1.82) is 0 Å². The Morgan fingerprint density at radius 3 is 1.12 bits per heavy atom. The maximum atomic E-state index is 8.67. The van der Waals surface area contributed by atoms with Crippen molar-refractivity contribution in [3.05, 3.63) is 0 Å². The van der Waals surface area contributed by atoms with Crippen LogP contribution in [-0.2, 0) is 11.4 Å². The predicted octanol–water partition coefficient (Wildman–Crippen LogP) is -1.47. The van der Waals surface area contributed by atoms with Gasteiger partial charge in [-0.3, -0.25) is 9.11 Å². The van der Waals surface area contributed by atoms with Gasteiger partial charge in [0.15, 0.2) is 0 Å². The zero-order valence-corrected chi connectivity index (χ0v) is 4.44. The summed E-state index contributed by atoms with van der Waals surface area (Å²) < 4.78 is 22.8. The third kappa shape index (κ3) is 273. The normalized spacial score (nSPS) is 4.38. The van der Waals surface area contributed by atoms with Gasteiger partial charge in [0.1, 0.15) is 0 Å². The molecule has 8 heteroatoms. The molecular formula is H11N2NaO4S. The minimum absolute atomic E-state index is 0. The second-order valence-corrected chi connectivity index (χ2v) is 0.692. The van der Waals surface area contributed by atoms with Crippen molar-refractivity contribution in [3.8, 4) is 0 Å². The van der Waals surface area contributed by atoms with Crippen LogP contribution >= 0.6 is 0 Å². The quantitative estimate of drug-likeness (QED) is 0.250. The van der Waals surface area contributed by atoms with E-state index in [1.54, 1.807) is 0 Å². The molecule has 0 atom stereocenters. The van der Waals surface area contributed by atoms with E-state index < -0.39 is 11.4 Å². The van der Waals surface area contributed by atoms with E-state index in [2.05, 4.69) is 0 Å². The molecule has 0 aliphatic rings. The van der Waals surface area contributed by atoms with Gasteiger partial charge in [0.05, 0.1) is 0 Å². The van der Waals surface area contributed by atoms with Gasteiger partial charge < -0.3 is 17.8 Å². The Bertz CT molecular complexity index is 37.0. The summed E-state index contributed by atoms with van der Waals surface area (Å²) in [5.41, 5.74) is 0. The monoisotopic (exact) mass is 158 g/mol. The first-order chi connectivity index (χ1) is 1.73.